The SMILES string of the molecule is O=C(O)C1COC2(CCOCC2=O)C1. The number of rotatable bonds is 1. The highest BCUT2D eigenvalue weighted by molar-refractivity contribution is 5.90. The quantitative estimate of drug-likeness (QED) is 0.636. The van der Waals surface area contributed by atoms with Crippen molar-refractivity contribution in [2.75, 3.05) is 19.8 Å². The fourth-order valence-electron chi connectivity index (χ4n) is 1.98. The van der Waals surface area contributed by atoms with Gasteiger partial charge in [-0.15, -0.1) is 0 Å². The van der Waals surface area contributed by atoms with E-state index >= 15 is 0 Å². The second-order valence-electron chi connectivity index (χ2n) is 3.77. The number of ketones is 1. The van der Waals surface area contributed by atoms with Gasteiger partial charge in [0.2, 0.25) is 0 Å². The lowest BCUT2D eigenvalue weighted by Gasteiger charge is -2.30. The molecule has 1 N–H and O–H groups in total. The molecule has 2 aliphatic heterocycles. The van der Waals surface area contributed by atoms with Crippen LogP contribution >= 0.6 is 0 Å². The van der Waals surface area contributed by atoms with E-state index in [1.807, 2.05) is 0 Å². The zero-order valence-electron chi connectivity index (χ0n) is 7.69. The highest BCUT2D eigenvalue weighted by atomic mass is 16.5. The topological polar surface area (TPSA) is 72.8 Å². The number of aliphatic carboxylic acids is 1. The van der Waals surface area contributed by atoms with E-state index < -0.39 is 17.5 Å². The molecule has 0 bridgehead atoms. The molecule has 0 radical (unpaired) electrons. The number of ether oxygens (including phenoxy) is 2. The van der Waals surface area contributed by atoms with Crippen molar-refractivity contribution in [1.29, 1.82) is 0 Å². The molecule has 2 saturated heterocycles. The second kappa shape index (κ2) is 3.33. The summed E-state index contributed by atoms with van der Waals surface area (Å²) in [5.41, 5.74) is -0.860. The van der Waals surface area contributed by atoms with Crippen molar-refractivity contribution in [2.24, 2.45) is 5.92 Å². The minimum Gasteiger partial charge on any atom is -0.481 e. The predicted octanol–water partition coefficient (Wildman–Crippen LogP) is -0.164. The molecule has 5 heteroatoms. The standard InChI is InChI=1S/C9H12O5/c10-7-5-13-2-1-9(7)3-6(4-14-9)8(11)12/h6H,1-5H2,(H,11,12). The van der Waals surface area contributed by atoms with Crippen LogP contribution in [0.4, 0.5) is 0 Å². The number of hydrogen-bond acceptors (Lipinski definition) is 4. The summed E-state index contributed by atoms with van der Waals surface area (Å²) in [6.07, 6.45) is 0.778. The van der Waals surface area contributed by atoms with Crippen molar-refractivity contribution in [3.8, 4) is 0 Å². The molecule has 2 atom stereocenters. The highest BCUT2D eigenvalue weighted by Crippen LogP contribution is 2.35. The van der Waals surface area contributed by atoms with Crippen molar-refractivity contribution in [3.63, 3.8) is 0 Å². The summed E-state index contributed by atoms with van der Waals surface area (Å²) in [5, 5.41) is 8.79. The number of carboxylic acid groups (broad SMARTS) is 1. The summed E-state index contributed by atoms with van der Waals surface area (Å²) >= 11 is 0. The molecule has 0 amide bonds. The van der Waals surface area contributed by atoms with E-state index in [1.54, 1.807) is 0 Å². The van der Waals surface area contributed by atoms with Gasteiger partial charge in [-0.2, -0.15) is 0 Å². The van der Waals surface area contributed by atoms with Gasteiger partial charge in [0.05, 0.1) is 19.1 Å². The molecule has 2 rings (SSSR count). The average Bonchev–Trinajstić information content (AvgIpc) is 2.56. The third-order valence-electron chi connectivity index (χ3n) is 2.88. The Morgan fingerprint density at radius 3 is 2.93 bits per heavy atom. The Bertz CT molecular complexity index is 274. The Balaban J connectivity index is 2.10. The first-order valence-corrected chi connectivity index (χ1v) is 4.62. The van der Waals surface area contributed by atoms with E-state index in [0.29, 0.717) is 19.4 Å². The Morgan fingerprint density at radius 2 is 2.36 bits per heavy atom. The van der Waals surface area contributed by atoms with Gasteiger partial charge in [0, 0.05) is 6.42 Å². The molecule has 0 aromatic carbocycles. The lowest BCUT2D eigenvalue weighted by molar-refractivity contribution is -0.154. The zero-order chi connectivity index (χ0) is 10.2. The van der Waals surface area contributed by atoms with Gasteiger partial charge in [0.15, 0.2) is 5.78 Å². The first-order valence-electron chi connectivity index (χ1n) is 4.62. The monoisotopic (exact) mass is 200 g/mol. The molecular formula is C9H12O5. The molecule has 2 unspecified atom stereocenters. The van der Waals surface area contributed by atoms with E-state index in [9.17, 15) is 9.59 Å². The summed E-state index contributed by atoms with van der Waals surface area (Å²) in [6, 6.07) is 0. The Hall–Kier alpha value is -0.940. The second-order valence-corrected chi connectivity index (χ2v) is 3.77. The Kier molecular flexibility index (Phi) is 2.28. The van der Waals surface area contributed by atoms with Crippen LogP contribution in [0.15, 0.2) is 0 Å². The van der Waals surface area contributed by atoms with Gasteiger partial charge in [-0.3, -0.25) is 9.59 Å². The van der Waals surface area contributed by atoms with Gasteiger partial charge in [-0.25, -0.2) is 0 Å². The van der Waals surface area contributed by atoms with Gasteiger partial charge >= 0.3 is 5.97 Å². The third-order valence-corrected chi connectivity index (χ3v) is 2.88. The molecule has 1 spiro atoms. The smallest absolute Gasteiger partial charge is 0.308 e. The predicted molar refractivity (Wildman–Crippen MR) is 44.9 cm³/mol. The number of carboxylic acids is 1. The van der Waals surface area contributed by atoms with E-state index in [-0.39, 0.29) is 19.0 Å². The molecule has 2 heterocycles. The van der Waals surface area contributed by atoms with Crippen molar-refractivity contribution in [3.05, 3.63) is 0 Å². The largest absolute Gasteiger partial charge is 0.481 e. The maximum atomic E-state index is 11.5. The Labute approximate surface area is 81.0 Å². The molecule has 0 aromatic rings. The third kappa shape index (κ3) is 1.42. The number of hydrogen-bond donors (Lipinski definition) is 1. The lowest BCUT2D eigenvalue weighted by Crippen LogP contribution is -2.45. The molecule has 5 nitrogen and oxygen atoms in total. The average molecular weight is 200 g/mol. The maximum Gasteiger partial charge on any atom is 0.308 e. The Morgan fingerprint density at radius 1 is 1.57 bits per heavy atom. The van der Waals surface area contributed by atoms with E-state index in [2.05, 4.69) is 0 Å². The minimum absolute atomic E-state index is 0.0480. The summed E-state index contributed by atoms with van der Waals surface area (Å²) in [4.78, 5) is 22.3. The first kappa shape index (κ1) is 9.61. The zero-order valence-corrected chi connectivity index (χ0v) is 7.69. The van der Waals surface area contributed by atoms with Crippen LogP contribution in [0, 0.1) is 5.92 Å². The molecule has 2 aliphatic rings. The van der Waals surface area contributed by atoms with Crippen LogP contribution in [0.5, 0.6) is 0 Å². The van der Waals surface area contributed by atoms with Gasteiger partial charge in [0.25, 0.3) is 0 Å². The van der Waals surface area contributed by atoms with Gasteiger partial charge < -0.3 is 14.6 Å². The molecule has 0 saturated carbocycles. The van der Waals surface area contributed by atoms with Gasteiger partial charge in [-0.05, 0) is 6.42 Å². The van der Waals surface area contributed by atoms with Crippen molar-refractivity contribution in [1.82, 2.24) is 0 Å². The van der Waals surface area contributed by atoms with Crippen LogP contribution in [0.25, 0.3) is 0 Å². The van der Waals surface area contributed by atoms with Gasteiger partial charge in [0.1, 0.15) is 12.2 Å². The molecule has 2 fully saturated rings. The fourth-order valence-corrected chi connectivity index (χ4v) is 1.98. The van der Waals surface area contributed by atoms with E-state index in [1.165, 1.54) is 0 Å². The first-order chi connectivity index (χ1) is 6.64. The summed E-state index contributed by atoms with van der Waals surface area (Å²) < 4.78 is 10.3. The summed E-state index contributed by atoms with van der Waals surface area (Å²) in [5.74, 6) is -1.55. The van der Waals surface area contributed by atoms with Crippen LogP contribution in [-0.4, -0.2) is 42.3 Å². The van der Waals surface area contributed by atoms with Gasteiger partial charge in [-0.1, -0.05) is 0 Å². The lowest BCUT2D eigenvalue weighted by atomic mass is 9.86. The van der Waals surface area contributed by atoms with Crippen LogP contribution in [0.3, 0.4) is 0 Å². The molecule has 14 heavy (non-hydrogen) atoms. The van der Waals surface area contributed by atoms with Crippen molar-refractivity contribution in [2.45, 2.75) is 18.4 Å². The molecular weight excluding hydrogens is 188 g/mol. The normalized spacial score (nSPS) is 37.7. The fraction of sp³-hybridized carbons (Fsp3) is 0.778. The summed E-state index contributed by atoms with van der Waals surface area (Å²) in [6.45, 7) is 0.658. The molecule has 0 aromatic heterocycles. The number of carbonyl (C=O) groups excluding carboxylic acids is 1. The van der Waals surface area contributed by atoms with Crippen LogP contribution < -0.4 is 0 Å². The van der Waals surface area contributed by atoms with E-state index in [0.717, 1.165) is 0 Å². The van der Waals surface area contributed by atoms with Crippen molar-refractivity contribution >= 4 is 11.8 Å². The highest BCUT2D eigenvalue weighted by Gasteiger charge is 2.49. The number of Topliss-reactive ketones (excluding diaryl/α,β-unsaturated/α-hetero) is 1. The minimum atomic E-state index is -0.888. The maximum absolute atomic E-state index is 11.5. The van der Waals surface area contributed by atoms with Crippen LogP contribution in [0.2, 0.25) is 0 Å². The number of carbonyl (C=O) groups is 2. The summed E-state index contributed by atoms with van der Waals surface area (Å²) in [7, 11) is 0. The molecule has 78 valence electrons. The van der Waals surface area contributed by atoms with Crippen LogP contribution in [0.1, 0.15) is 12.8 Å². The molecule has 0 aliphatic carbocycles. The van der Waals surface area contributed by atoms with Crippen molar-refractivity contribution < 1.29 is 24.2 Å². The van der Waals surface area contributed by atoms with Crippen LogP contribution in [-0.2, 0) is 19.1 Å². The van der Waals surface area contributed by atoms with E-state index in [4.69, 9.17) is 14.6 Å².